The van der Waals surface area contributed by atoms with Gasteiger partial charge in [0.15, 0.2) is 11.6 Å². The maximum absolute atomic E-state index is 5.23. The van der Waals surface area contributed by atoms with Gasteiger partial charge in [-0.3, -0.25) is 9.13 Å². The molecule has 0 amide bonds. The molecule has 7 nitrogen and oxygen atoms in total. The van der Waals surface area contributed by atoms with Crippen LogP contribution in [0.2, 0.25) is 0 Å². The molecule has 6 aromatic heterocycles. The average molecular weight is 1350 g/mol. The van der Waals surface area contributed by atoms with Crippen LogP contribution in [0, 0.1) is 0 Å². The Bertz CT molecular complexity index is 6780. The van der Waals surface area contributed by atoms with Gasteiger partial charge in [-0.15, -0.1) is 22.7 Å². The smallest absolute Gasteiger partial charge is 0.238 e. The Balaban J connectivity index is 0.000000138. The highest BCUT2D eigenvalue weighted by Gasteiger charge is 2.35. The summed E-state index contributed by atoms with van der Waals surface area (Å²) in [5.41, 5.74) is 23.1. The zero-order valence-electron chi connectivity index (χ0n) is 56.2. The first kappa shape index (κ1) is 60.2. The second kappa shape index (κ2) is 24.2. The Hall–Kier alpha value is -12.8. The summed E-state index contributed by atoms with van der Waals surface area (Å²) in [6, 6.07) is 117. The van der Waals surface area contributed by atoms with Gasteiger partial charge in [-0.1, -0.05) is 275 Å². The lowest BCUT2D eigenvalue weighted by Crippen LogP contribution is -2.14. The molecule has 9 heteroatoms. The lowest BCUT2D eigenvalue weighted by Gasteiger charge is -2.22. The summed E-state index contributed by atoms with van der Waals surface area (Å²) in [6.45, 7) is 4.67. The van der Waals surface area contributed by atoms with Crippen LogP contribution in [-0.2, 0) is 5.41 Å². The van der Waals surface area contributed by atoms with Crippen molar-refractivity contribution < 1.29 is 0 Å². The fourth-order valence-electron chi connectivity index (χ4n) is 15.8. The summed E-state index contributed by atoms with van der Waals surface area (Å²) < 4.78 is 9.65. The van der Waals surface area contributed by atoms with E-state index < -0.39 is 0 Å². The van der Waals surface area contributed by atoms with E-state index in [4.69, 9.17) is 24.9 Å². The third-order valence-corrected chi connectivity index (χ3v) is 23.2. The Morgan fingerprint density at radius 1 is 0.262 bits per heavy atom. The molecule has 20 aromatic rings. The molecule has 21 rings (SSSR count). The summed E-state index contributed by atoms with van der Waals surface area (Å²) in [6.07, 6.45) is 1.89. The summed E-state index contributed by atoms with van der Waals surface area (Å²) in [7, 11) is 0. The topological polar surface area (TPSA) is 74.3 Å². The van der Waals surface area contributed by atoms with Gasteiger partial charge in [0.1, 0.15) is 0 Å². The van der Waals surface area contributed by atoms with Gasteiger partial charge >= 0.3 is 0 Å². The van der Waals surface area contributed by atoms with Gasteiger partial charge in [0.2, 0.25) is 11.9 Å². The molecule has 484 valence electrons. The summed E-state index contributed by atoms with van der Waals surface area (Å²) >= 11 is 3.73. The van der Waals surface area contributed by atoms with Crippen LogP contribution in [0.4, 0.5) is 0 Å². The van der Waals surface area contributed by atoms with Crippen LogP contribution >= 0.6 is 22.7 Å². The highest BCUT2D eigenvalue weighted by Crippen LogP contribution is 2.50. The van der Waals surface area contributed by atoms with E-state index >= 15 is 0 Å². The minimum atomic E-state index is -0.0455. The van der Waals surface area contributed by atoms with Gasteiger partial charge in [-0.25, -0.2) is 15.0 Å². The fraction of sp³-hybridized carbons (Fsp3) is 0.0319. The van der Waals surface area contributed by atoms with Crippen molar-refractivity contribution in [1.29, 1.82) is 0 Å². The van der Waals surface area contributed by atoms with Gasteiger partial charge in [0, 0.05) is 90.2 Å². The molecule has 0 saturated carbocycles. The molecule has 0 spiro atoms. The van der Waals surface area contributed by atoms with Gasteiger partial charge in [-0.05, 0) is 133 Å². The van der Waals surface area contributed by atoms with Crippen molar-refractivity contribution in [3.05, 3.63) is 345 Å². The number of hydrogen-bond donors (Lipinski definition) is 0. The first-order valence-corrected chi connectivity index (χ1v) is 36.5. The Labute approximate surface area is 602 Å². The van der Waals surface area contributed by atoms with Crippen molar-refractivity contribution in [2.75, 3.05) is 0 Å². The molecular formula is C94H61N7S2. The number of nitrogens with zero attached hydrogens (tertiary/aromatic N) is 7. The van der Waals surface area contributed by atoms with Crippen molar-refractivity contribution in [3.8, 4) is 102 Å². The maximum atomic E-state index is 5.23. The van der Waals surface area contributed by atoms with E-state index in [1.165, 1.54) is 112 Å². The third-order valence-electron chi connectivity index (χ3n) is 20.8. The van der Waals surface area contributed by atoms with E-state index in [0.717, 1.165) is 60.8 Å². The molecule has 0 bridgehead atoms. The van der Waals surface area contributed by atoms with E-state index in [2.05, 4.69) is 308 Å². The van der Waals surface area contributed by atoms with Crippen LogP contribution in [0.25, 0.3) is 186 Å². The zero-order chi connectivity index (χ0) is 68.3. The number of aromatic nitrogens is 7. The van der Waals surface area contributed by atoms with Gasteiger partial charge in [0.05, 0.1) is 27.8 Å². The molecule has 103 heavy (non-hydrogen) atoms. The molecule has 0 N–H and O–H groups in total. The Morgan fingerprint density at radius 3 is 1.32 bits per heavy atom. The molecule has 0 saturated heterocycles. The van der Waals surface area contributed by atoms with Crippen LogP contribution in [0.1, 0.15) is 25.0 Å². The molecule has 6 heterocycles. The molecule has 1 aliphatic rings. The third kappa shape index (κ3) is 10.1. The molecule has 0 unspecified atom stereocenters. The van der Waals surface area contributed by atoms with E-state index in [-0.39, 0.29) is 5.41 Å². The molecule has 0 atom stereocenters. The SMILES string of the molecule is CC1(C)c2ccccc2-c2ccc(-c3cccc(-c4ccnc(-n5c6ccccc6c6cc(-c7cccc8c7sc7ccccc78)ccc65)n4)c3)cc21.c1ccc(-c2ccc(-c3nc(-c4ccccc4)nc(-n4c5ccccc5c5cc(-c6cccc7c6sc6ccccc67)ccc54)n3)cc2)cc1. The van der Waals surface area contributed by atoms with Crippen molar-refractivity contribution in [2.45, 2.75) is 19.3 Å². The number of para-hydroxylation sites is 2. The predicted molar refractivity (Wildman–Crippen MR) is 432 cm³/mol. The first-order valence-electron chi connectivity index (χ1n) is 34.9. The van der Waals surface area contributed by atoms with Crippen molar-refractivity contribution >= 4 is 107 Å². The second-order valence-corrected chi connectivity index (χ2v) is 29.2. The van der Waals surface area contributed by atoms with E-state index in [9.17, 15) is 0 Å². The fourth-order valence-corrected chi connectivity index (χ4v) is 18.2. The molecule has 14 aromatic carbocycles. The predicted octanol–water partition coefficient (Wildman–Crippen LogP) is 25.3. The molecule has 0 radical (unpaired) electrons. The number of fused-ring (bicyclic) bond motifs is 15. The van der Waals surface area contributed by atoms with Crippen LogP contribution < -0.4 is 0 Å². The normalized spacial score (nSPS) is 12.4. The van der Waals surface area contributed by atoms with E-state index in [1.54, 1.807) is 0 Å². The standard InChI is InChI=1S/C49H33N3S.C45H28N4S/c1-49(2)41-18-6-3-13-35(41)36-23-21-31(29-42(36)49)30-11-9-12-33(27-30)43-25-26-50-48(51-43)52-44-19-7-4-14-37(44)40-28-32(22-24-45(40)52)34-16-10-17-39-38-15-5-8-20-46(38)53-47(34)39;1-3-12-29(13-4-1)30-22-24-32(25-23-30)44-46-43(31-14-5-2-6-15-31)47-45(48-44)49-39-20-9-7-16-35(39)38-28-33(26-27-40(38)49)34-18-11-19-37-36-17-8-10-21-41(36)50-42(34)37/h3-29H,1-2H3;1-28H. The molecule has 1 aliphatic carbocycles. The van der Waals surface area contributed by atoms with Crippen LogP contribution in [-0.4, -0.2) is 34.1 Å². The highest BCUT2D eigenvalue weighted by atomic mass is 32.1. The number of hydrogen-bond acceptors (Lipinski definition) is 7. The van der Waals surface area contributed by atoms with Crippen LogP contribution in [0.5, 0.6) is 0 Å². The molecule has 0 fully saturated rings. The monoisotopic (exact) mass is 1350 g/mol. The van der Waals surface area contributed by atoms with E-state index in [1.807, 2.05) is 71.3 Å². The summed E-state index contributed by atoms with van der Waals surface area (Å²) in [5.74, 6) is 2.52. The lowest BCUT2D eigenvalue weighted by atomic mass is 9.81. The molecular weight excluding hydrogens is 1290 g/mol. The number of benzene rings is 14. The van der Waals surface area contributed by atoms with Gasteiger partial charge in [-0.2, -0.15) is 9.97 Å². The molecule has 0 aliphatic heterocycles. The number of rotatable bonds is 9. The van der Waals surface area contributed by atoms with Gasteiger partial charge < -0.3 is 0 Å². The second-order valence-electron chi connectivity index (χ2n) is 27.1. The first-order chi connectivity index (χ1) is 50.8. The minimum absolute atomic E-state index is 0.0455. The van der Waals surface area contributed by atoms with Gasteiger partial charge in [0.25, 0.3) is 0 Å². The minimum Gasteiger partial charge on any atom is -0.278 e. The highest BCUT2D eigenvalue weighted by molar-refractivity contribution is 7.26. The Kier molecular flexibility index (Phi) is 14.2. The van der Waals surface area contributed by atoms with Crippen molar-refractivity contribution in [1.82, 2.24) is 34.1 Å². The maximum Gasteiger partial charge on any atom is 0.238 e. The average Bonchev–Trinajstić information content (AvgIpc) is 1.60. The van der Waals surface area contributed by atoms with Crippen molar-refractivity contribution in [2.24, 2.45) is 0 Å². The zero-order valence-corrected chi connectivity index (χ0v) is 57.8. The Morgan fingerprint density at radius 2 is 0.689 bits per heavy atom. The lowest BCUT2D eigenvalue weighted by molar-refractivity contribution is 0.660. The van der Waals surface area contributed by atoms with Crippen LogP contribution in [0.3, 0.4) is 0 Å². The van der Waals surface area contributed by atoms with Crippen molar-refractivity contribution in [3.63, 3.8) is 0 Å². The van der Waals surface area contributed by atoms with E-state index in [0.29, 0.717) is 23.5 Å². The summed E-state index contributed by atoms with van der Waals surface area (Å²) in [5, 5.41) is 9.92. The number of thiophene rings is 2. The quantitative estimate of drug-likeness (QED) is 0.144. The largest absolute Gasteiger partial charge is 0.278 e. The van der Waals surface area contributed by atoms with Crippen LogP contribution in [0.15, 0.2) is 334 Å². The summed E-state index contributed by atoms with van der Waals surface area (Å²) in [4.78, 5) is 25.4.